The van der Waals surface area contributed by atoms with Crippen molar-refractivity contribution in [3.8, 4) is 0 Å². The van der Waals surface area contributed by atoms with E-state index in [-0.39, 0.29) is 17.2 Å². The van der Waals surface area contributed by atoms with Crippen LogP contribution in [0.5, 0.6) is 0 Å². The van der Waals surface area contributed by atoms with E-state index in [1.54, 1.807) is 49.4 Å². The zero-order chi connectivity index (χ0) is 22.4. The molecule has 0 aliphatic carbocycles. The molecule has 1 atom stereocenters. The van der Waals surface area contributed by atoms with Gasteiger partial charge in [0, 0.05) is 28.3 Å². The maximum absolute atomic E-state index is 12.5. The molecule has 3 aromatic rings. The quantitative estimate of drug-likeness (QED) is 0.273. The molecule has 0 bridgehead atoms. The fourth-order valence-corrected chi connectivity index (χ4v) is 3.78. The van der Waals surface area contributed by atoms with Crippen molar-refractivity contribution in [3.63, 3.8) is 0 Å². The molecule has 9 heteroatoms. The SMILES string of the molecule is CC(Sc1cccc(NC(=O)c2cccc([N+](=O)[O-])c2)c1)C(=O)Nc1ccccc1Cl. The number of hydrogen-bond acceptors (Lipinski definition) is 5. The van der Waals surface area contributed by atoms with Crippen molar-refractivity contribution < 1.29 is 14.5 Å². The molecule has 2 amide bonds. The lowest BCUT2D eigenvalue weighted by Crippen LogP contribution is -2.22. The van der Waals surface area contributed by atoms with Gasteiger partial charge in [0.2, 0.25) is 5.91 Å². The van der Waals surface area contributed by atoms with Gasteiger partial charge in [0.25, 0.3) is 11.6 Å². The van der Waals surface area contributed by atoms with Crippen LogP contribution >= 0.6 is 23.4 Å². The van der Waals surface area contributed by atoms with Crippen LogP contribution in [0.2, 0.25) is 5.02 Å². The first-order valence-electron chi connectivity index (χ1n) is 9.21. The monoisotopic (exact) mass is 455 g/mol. The third kappa shape index (κ3) is 6.07. The molecule has 0 fully saturated rings. The zero-order valence-corrected chi connectivity index (χ0v) is 17.9. The van der Waals surface area contributed by atoms with E-state index in [1.807, 2.05) is 6.07 Å². The number of amides is 2. The van der Waals surface area contributed by atoms with Crippen molar-refractivity contribution in [3.05, 3.63) is 93.5 Å². The predicted octanol–water partition coefficient (Wildman–Crippen LogP) is 5.62. The van der Waals surface area contributed by atoms with Gasteiger partial charge in [-0.2, -0.15) is 0 Å². The number of nitro groups is 1. The van der Waals surface area contributed by atoms with E-state index in [0.717, 1.165) is 4.90 Å². The van der Waals surface area contributed by atoms with Crippen LogP contribution < -0.4 is 10.6 Å². The Morgan fingerprint density at radius 3 is 2.48 bits per heavy atom. The molecule has 0 aliphatic rings. The molecule has 31 heavy (non-hydrogen) atoms. The molecule has 0 saturated carbocycles. The van der Waals surface area contributed by atoms with Crippen molar-refractivity contribution in [2.75, 3.05) is 10.6 Å². The van der Waals surface area contributed by atoms with Crippen LogP contribution in [0.1, 0.15) is 17.3 Å². The summed E-state index contributed by atoms with van der Waals surface area (Å²) in [5.74, 6) is -0.667. The minimum Gasteiger partial charge on any atom is -0.324 e. The molecule has 7 nitrogen and oxygen atoms in total. The number of para-hydroxylation sites is 1. The number of hydrogen-bond donors (Lipinski definition) is 2. The smallest absolute Gasteiger partial charge is 0.270 e. The van der Waals surface area contributed by atoms with Crippen LogP contribution in [0, 0.1) is 10.1 Å². The highest BCUT2D eigenvalue weighted by Gasteiger charge is 2.16. The Hall–Kier alpha value is -3.36. The minimum absolute atomic E-state index is 0.157. The lowest BCUT2D eigenvalue weighted by molar-refractivity contribution is -0.384. The predicted molar refractivity (Wildman–Crippen MR) is 123 cm³/mol. The summed E-state index contributed by atoms with van der Waals surface area (Å²) in [4.78, 5) is 36.1. The third-order valence-corrected chi connectivity index (χ3v) is 5.65. The standard InChI is InChI=1S/C22H18ClN3O4S/c1-14(21(27)25-20-11-3-2-10-19(20)23)31-18-9-5-7-16(13-18)24-22(28)15-6-4-8-17(12-15)26(29)30/h2-14H,1H3,(H,24,28)(H,25,27). The number of carbonyl (C=O) groups excluding carboxylic acids is 2. The topological polar surface area (TPSA) is 101 Å². The van der Waals surface area contributed by atoms with Gasteiger partial charge in [-0.3, -0.25) is 19.7 Å². The van der Waals surface area contributed by atoms with Gasteiger partial charge in [-0.25, -0.2) is 0 Å². The number of nitrogens with one attached hydrogen (secondary N) is 2. The average molecular weight is 456 g/mol. The van der Waals surface area contributed by atoms with E-state index in [1.165, 1.54) is 36.0 Å². The fourth-order valence-electron chi connectivity index (χ4n) is 2.67. The van der Waals surface area contributed by atoms with Crippen LogP contribution in [0.25, 0.3) is 0 Å². The summed E-state index contributed by atoms with van der Waals surface area (Å²) in [6.45, 7) is 1.77. The molecule has 1 unspecified atom stereocenters. The number of halogens is 1. The highest BCUT2D eigenvalue weighted by atomic mass is 35.5. The molecule has 158 valence electrons. The van der Waals surface area contributed by atoms with E-state index >= 15 is 0 Å². The Morgan fingerprint density at radius 1 is 1.00 bits per heavy atom. The fraction of sp³-hybridized carbons (Fsp3) is 0.0909. The maximum Gasteiger partial charge on any atom is 0.270 e. The van der Waals surface area contributed by atoms with Crippen molar-refractivity contribution in [1.82, 2.24) is 0 Å². The second kappa shape index (κ2) is 10.1. The van der Waals surface area contributed by atoms with Crippen molar-refractivity contribution >= 4 is 52.2 Å². The van der Waals surface area contributed by atoms with Crippen molar-refractivity contribution in [1.29, 1.82) is 0 Å². The number of carbonyl (C=O) groups is 2. The van der Waals surface area contributed by atoms with Gasteiger partial charge in [0.1, 0.15) is 0 Å². The highest BCUT2D eigenvalue weighted by Crippen LogP contribution is 2.28. The summed E-state index contributed by atoms with van der Waals surface area (Å²) in [5.41, 5.74) is 1.08. The van der Waals surface area contributed by atoms with Crippen LogP contribution in [0.3, 0.4) is 0 Å². The molecule has 0 aromatic heterocycles. The lowest BCUT2D eigenvalue weighted by Gasteiger charge is -2.14. The van der Waals surface area contributed by atoms with Gasteiger partial charge in [-0.1, -0.05) is 35.9 Å². The van der Waals surface area contributed by atoms with E-state index in [9.17, 15) is 19.7 Å². The molecule has 3 aromatic carbocycles. The molecule has 0 spiro atoms. The Morgan fingerprint density at radius 2 is 1.74 bits per heavy atom. The van der Waals surface area contributed by atoms with Gasteiger partial charge in [-0.15, -0.1) is 11.8 Å². The lowest BCUT2D eigenvalue weighted by atomic mass is 10.2. The van der Waals surface area contributed by atoms with E-state index in [2.05, 4.69) is 10.6 Å². The van der Waals surface area contributed by atoms with E-state index in [4.69, 9.17) is 11.6 Å². The van der Waals surface area contributed by atoms with Crippen LogP contribution in [-0.4, -0.2) is 22.0 Å². The number of non-ortho nitro benzene ring substituents is 1. The summed E-state index contributed by atoms with van der Waals surface area (Å²) in [5, 5.41) is 16.5. The molecule has 0 heterocycles. The van der Waals surface area contributed by atoms with Crippen LogP contribution in [-0.2, 0) is 4.79 Å². The Labute approximate surface area is 188 Å². The average Bonchev–Trinajstić information content (AvgIpc) is 2.75. The molecule has 0 radical (unpaired) electrons. The Kier molecular flexibility index (Phi) is 7.28. The summed E-state index contributed by atoms with van der Waals surface area (Å²) in [7, 11) is 0. The second-order valence-corrected chi connectivity index (χ2v) is 8.34. The van der Waals surface area contributed by atoms with Crippen LogP contribution in [0.15, 0.2) is 77.7 Å². The van der Waals surface area contributed by atoms with Crippen molar-refractivity contribution in [2.45, 2.75) is 17.1 Å². The Bertz CT molecular complexity index is 1140. The van der Waals surface area contributed by atoms with E-state index < -0.39 is 16.1 Å². The van der Waals surface area contributed by atoms with E-state index in [0.29, 0.717) is 16.4 Å². The van der Waals surface area contributed by atoms with Crippen molar-refractivity contribution in [2.24, 2.45) is 0 Å². The summed E-state index contributed by atoms with van der Waals surface area (Å²) < 4.78 is 0. The number of nitro benzene ring substituents is 1. The number of rotatable bonds is 7. The first-order valence-corrected chi connectivity index (χ1v) is 10.5. The second-order valence-electron chi connectivity index (χ2n) is 6.52. The normalized spacial score (nSPS) is 11.4. The maximum atomic E-state index is 12.5. The molecule has 2 N–H and O–H groups in total. The first-order chi connectivity index (χ1) is 14.8. The van der Waals surface area contributed by atoms with Gasteiger partial charge in [0.15, 0.2) is 0 Å². The number of anilines is 2. The molecular formula is C22H18ClN3O4S. The molecule has 0 aliphatic heterocycles. The molecule has 0 saturated heterocycles. The van der Waals surface area contributed by atoms with Gasteiger partial charge in [0.05, 0.1) is 20.9 Å². The van der Waals surface area contributed by atoms with Gasteiger partial charge >= 0.3 is 0 Å². The number of thioether (sulfide) groups is 1. The highest BCUT2D eigenvalue weighted by molar-refractivity contribution is 8.00. The van der Waals surface area contributed by atoms with Crippen LogP contribution in [0.4, 0.5) is 17.1 Å². The number of benzene rings is 3. The third-order valence-electron chi connectivity index (χ3n) is 4.22. The summed E-state index contributed by atoms with van der Waals surface area (Å²) in [6.07, 6.45) is 0. The summed E-state index contributed by atoms with van der Waals surface area (Å²) in [6, 6.07) is 19.5. The zero-order valence-electron chi connectivity index (χ0n) is 16.4. The number of nitrogens with zero attached hydrogens (tertiary/aromatic N) is 1. The van der Waals surface area contributed by atoms with Gasteiger partial charge < -0.3 is 10.6 Å². The first kappa shape index (κ1) is 22.3. The minimum atomic E-state index is -0.552. The Balaban J connectivity index is 1.65. The molecule has 3 rings (SSSR count). The largest absolute Gasteiger partial charge is 0.324 e. The summed E-state index contributed by atoms with van der Waals surface area (Å²) >= 11 is 7.41. The molecular weight excluding hydrogens is 438 g/mol. The van der Waals surface area contributed by atoms with Gasteiger partial charge in [-0.05, 0) is 43.3 Å².